The highest BCUT2D eigenvalue weighted by molar-refractivity contribution is 7.99. The summed E-state index contributed by atoms with van der Waals surface area (Å²) >= 11 is 1.93. The lowest BCUT2D eigenvalue weighted by Crippen LogP contribution is -2.15. The Bertz CT molecular complexity index is 313. The molecular formula is C14H24N2S. The summed E-state index contributed by atoms with van der Waals surface area (Å²) in [7, 11) is 4.23. The van der Waals surface area contributed by atoms with Crippen LogP contribution in [0.4, 0.5) is 0 Å². The lowest BCUT2D eigenvalue weighted by molar-refractivity contribution is 0.437. The second kappa shape index (κ2) is 8.56. The maximum atomic E-state index is 3.44. The van der Waals surface area contributed by atoms with Crippen LogP contribution in [0.3, 0.4) is 0 Å². The number of thioether (sulfide) groups is 1. The number of nitrogens with one attached hydrogen (secondary N) is 1. The quantitative estimate of drug-likeness (QED) is 0.566. The van der Waals surface area contributed by atoms with Crippen LogP contribution in [0, 0.1) is 0 Å². The molecule has 0 bridgehead atoms. The molecule has 96 valence electrons. The van der Waals surface area contributed by atoms with Gasteiger partial charge in [-0.15, -0.1) is 11.8 Å². The fraction of sp³-hybridized carbons (Fsp3) is 0.571. The van der Waals surface area contributed by atoms with Crippen LogP contribution >= 0.6 is 11.8 Å². The van der Waals surface area contributed by atoms with E-state index in [1.54, 1.807) is 0 Å². The van der Waals surface area contributed by atoms with Gasteiger partial charge in [0.1, 0.15) is 0 Å². The first-order valence-corrected chi connectivity index (χ1v) is 7.28. The fourth-order valence-corrected chi connectivity index (χ4v) is 2.60. The third-order valence-electron chi connectivity index (χ3n) is 2.46. The first-order valence-electron chi connectivity index (χ1n) is 6.29. The Hall–Kier alpha value is -0.510. The predicted octanol–water partition coefficient (Wildman–Crippen LogP) is 2.84. The van der Waals surface area contributed by atoms with Crippen molar-refractivity contribution in [1.82, 2.24) is 10.2 Å². The van der Waals surface area contributed by atoms with E-state index in [4.69, 9.17) is 0 Å². The van der Waals surface area contributed by atoms with E-state index in [9.17, 15) is 0 Å². The molecule has 0 aromatic heterocycles. The number of hydrogen-bond acceptors (Lipinski definition) is 3. The standard InChI is InChI=1S/C14H24N2S/c1-4-8-15-12-13-6-5-7-14(11-13)17-10-9-16(2)3/h5-7,11,15H,4,8-10,12H2,1-3H3. The van der Waals surface area contributed by atoms with Gasteiger partial charge < -0.3 is 10.2 Å². The molecule has 0 atom stereocenters. The van der Waals surface area contributed by atoms with E-state index in [1.165, 1.54) is 16.9 Å². The third kappa shape index (κ3) is 6.71. The average molecular weight is 252 g/mol. The molecule has 3 heteroatoms. The Labute approximate surface area is 110 Å². The van der Waals surface area contributed by atoms with E-state index in [0.29, 0.717) is 0 Å². The molecule has 0 radical (unpaired) electrons. The average Bonchev–Trinajstić information content (AvgIpc) is 2.29. The van der Waals surface area contributed by atoms with Crippen molar-refractivity contribution in [3.63, 3.8) is 0 Å². The van der Waals surface area contributed by atoms with Crippen LogP contribution in [0.25, 0.3) is 0 Å². The SMILES string of the molecule is CCCNCc1cccc(SCCN(C)C)c1. The molecule has 17 heavy (non-hydrogen) atoms. The van der Waals surface area contributed by atoms with Crippen LogP contribution in [0.2, 0.25) is 0 Å². The lowest BCUT2D eigenvalue weighted by atomic mass is 10.2. The summed E-state index contributed by atoms with van der Waals surface area (Å²) < 4.78 is 0. The molecule has 0 unspecified atom stereocenters. The van der Waals surface area contributed by atoms with Gasteiger partial charge in [-0.1, -0.05) is 19.1 Å². The van der Waals surface area contributed by atoms with Crippen LogP contribution < -0.4 is 5.32 Å². The molecule has 1 rings (SSSR count). The zero-order valence-electron chi connectivity index (χ0n) is 11.2. The van der Waals surface area contributed by atoms with Crippen molar-refractivity contribution >= 4 is 11.8 Å². The Balaban J connectivity index is 2.37. The number of hydrogen-bond donors (Lipinski definition) is 1. The van der Waals surface area contributed by atoms with Crippen LogP contribution in [-0.4, -0.2) is 37.8 Å². The lowest BCUT2D eigenvalue weighted by Gasteiger charge is -2.09. The molecule has 0 aliphatic rings. The minimum absolute atomic E-state index is 0.982. The summed E-state index contributed by atoms with van der Waals surface area (Å²) in [6.45, 7) is 5.40. The van der Waals surface area contributed by atoms with Gasteiger partial charge in [0.25, 0.3) is 0 Å². The molecule has 0 fully saturated rings. The van der Waals surface area contributed by atoms with E-state index in [-0.39, 0.29) is 0 Å². The molecule has 1 aromatic rings. The second-order valence-corrected chi connectivity index (χ2v) is 5.64. The van der Waals surface area contributed by atoms with Gasteiger partial charge in [-0.3, -0.25) is 0 Å². The maximum Gasteiger partial charge on any atom is 0.0205 e. The summed E-state index contributed by atoms with van der Waals surface area (Å²) in [6, 6.07) is 8.84. The summed E-state index contributed by atoms with van der Waals surface area (Å²) in [5.41, 5.74) is 1.38. The van der Waals surface area contributed by atoms with Crippen LogP contribution in [0.1, 0.15) is 18.9 Å². The molecule has 1 aromatic carbocycles. The highest BCUT2D eigenvalue weighted by Crippen LogP contribution is 2.18. The van der Waals surface area contributed by atoms with Crippen molar-refractivity contribution in [3.05, 3.63) is 29.8 Å². The Morgan fingerprint density at radius 3 is 2.82 bits per heavy atom. The maximum absolute atomic E-state index is 3.44. The van der Waals surface area contributed by atoms with Crippen molar-refractivity contribution in [2.45, 2.75) is 24.8 Å². The van der Waals surface area contributed by atoms with Gasteiger partial charge in [0.15, 0.2) is 0 Å². The van der Waals surface area contributed by atoms with E-state index >= 15 is 0 Å². The summed E-state index contributed by atoms with van der Waals surface area (Å²) in [5.74, 6) is 1.15. The van der Waals surface area contributed by atoms with Gasteiger partial charge in [-0.25, -0.2) is 0 Å². The molecule has 0 aliphatic heterocycles. The summed E-state index contributed by atoms with van der Waals surface area (Å²) in [6.07, 6.45) is 1.19. The topological polar surface area (TPSA) is 15.3 Å². The smallest absolute Gasteiger partial charge is 0.0205 e. The number of benzene rings is 1. The van der Waals surface area contributed by atoms with Gasteiger partial charge in [0.05, 0.1) is 0 Å². The highest BCUT2D eigenvalue weighted by Gasteiger charge is 1.97. The molecule has 0 aliphatic carbocycles. The Morgan fingerprint density at radius 2 is 2.12 bits per heavy atom. The van der Waals surface area contributed by atoms with E-state index in [1.807, 2.05) is 11.8 Å². The molecule has 0 saturated carbocycles. The fourth-order valence-electron chi connectivity index (χ4n) is 1.50. The number of nitrogens with zero attached hydrogens (tertiary/aromatic N) is 1. The van der Waals surface area contributed by atoms with Crippen molar-refractivity contribution < 1.29 is 0 Å². The normalized spacial score (nSPS) is 11.1. The minimum Gasteiger partial charge on any atom is -0.313 e. The van der Waals surface area contributed by atoms with Crippen molar-refractivity contribution in [1.29, 1.82) is 0 Å². The second-order valence-electron chi connectivity index (χ2n) is 4.48. The van der Waals surface area contributed by atoms with E-state index in [0.717, 1.165) is 25.4 Å². The van der Waals surface area contributed by atoms with E-state index < -0.39 is 0 Å². The zero-order valence-corrected chi connectivity index (χ0v) is 12.0. The van der Waals surface area contributed by atoms with Gasteiger partial charge in [-0.05, 0) is 44.8 Å². The van der Waals surface area contributed by atoms with Gasteiger partial charge in [0.2, 0.25) is 0 Å². The molecule has 1 N–H and O–H groups in total. The minimum atomic E-state index is 0.982. The highest BCUT2D eigenvalue weighted by atomic mass is 32.2. The van der Waals surface area contributed by atoms with Gasteiger partial charge in [0, 0.05) is 23.7 Å². The van der Waals surface area contributed by atoms with Gasteiger partial charge in [-0.2, -0.15) is 0 Å². The molecule has 0 saturated heterocycles. The first-order chi connectivity index (χ1) is 8.22. The first kappa shape index (κ1) is 14.6. The van der Waals surface area contributed by atoms with Crippen molar-refractivity contribution in [2.75, 3.05) is 32.9 Å². The molecular weight excluding hydrogens is 228 g/mol. The van der Waals surface area contributed by atoms with Crippen LogP contribution in [0.15, 0.2) is 29.2 Å². The molecule has 0 heterocycles. The summed E-state index contributed by atoms with van der Waals surface area (Å²) in [4.78, 5) is 3.60. The third-order valence-corrected chi connectivity index (χ3v) is 3.44. The van der Waals surface area contributed by atoms with Crippen LogP contribution in [0.5, 0.6) is 0 Å². The number of rotatable bonds is 8. The Kier molecular flexibility index (Phi) is 7.33. The zero-order chi connectivity index (χ0) is 12.5. The Morgan fingerprint density at radius 1 is 1.29 bits per heavy atom. The predicted molar refractivity (Wildman–Crippen MR) is 77.7 cm³/mol. The molecule has 0 spiro atoms. The molecule has 2 nitrogen and oxygen atoms in total. The molecule has 0 amide bonds. The van der Waals surface area contributed by atoms with Crippen molar-refractivity contribution in [2.24, 2.45) is 0 Å². The van der Waals surface area contributed by atoms with E-state index in [2.05, 4.69) is 55.5 Å². The van der Waals surface area contributed by atoms with Crippen LogP contribution in [-0.2, 0) is 6.54 Å². The largest absolute Gasteiger partial charge is 0.313 e. The summed E-state index contributed by atoms with van der Waals surface area (Å²) in [5, 5.41) is 3.44. The monoisotopic (exact) mass is 252 g/mol. The van der Waals surface area contributed by atoms with Crippen molar-refractivity contribution in [3.8, 4) is 0 Å². The van der Waals surface area contributed by atoms with Gasteiger partial charge >= 0.3 is 0 Å².